The highest BCUT2D eigenvalue weighted by molar-refractivity contribution is 5.75. The van der Waals surface area contributed by atoms with E-state index in [4.69, 9.17) is 9.57 Å². The van der Waals surface area contributed by atoms with Gasteiger partial charge in [0.25, 0.3) is 0 Å². The van der Waals surface area contributed by atoms with Crippen LogP contribution in [0, 0.1) is 11.8 Å². The minimum absolute atomic E-state index is 0.0589. The number of carbonyl (C=O) groups is 1. The molecule has 0 aliphatic carbocycles. The molecule has 25 heavy (non-hydrogen) atoms. The molecule has 3 aliphatic heterocycles. The molecular formula is C19H27N3O3. The fourth-order valence-electron chi connectivity index (χ4n) is 4.33. The number of amides is 1. The third kappa shape index (κ3) is 4.02. The van der Waals surface area contributed by atoms with Gasteiger partial charge in [0.15, 0.2) is 0 Å². The van der Waals surface area contributed by atoms with Gasteiger partial charge in [-0.1, -0.05) is 6.07 Å². The predicted octanol–water partition coefficient (Wildman–Crippen LogP) is 1.86. The van der Waals surface area contributed by atoms with Crippen LogP contribution in [0.4, 0.5) is 0 Å². The molecule has 3 saturated heterocycles. The van der Waals surface area contributed by atoms with Crippen molar-refractivity contribution in [1.82, 2.24) is 14.9 Å². The lowest BCUT2D eigenvalue weighted by molar-refractivity contribution is -0.199. The summed E-state index contributed by atoms with van der Waals surface area (Å²) >= 11 is 0. The zero-order valence-corrected chi connectivity index (χ0v) is 14.7. The number of hydrogen-bond donors (Lipinski definition) is 0. The topological polar surface area (TPSA) is 54.9 Å². The van der Waals surface area contributed by atoms with Crippen LogP contribution < -0.4 is 0 Å². The summed E-state index contributed by atoms with van der Waals surface area (Å²) in [6.07, 6.45) is 7.45. The van der Waals surface area contributed by atoms with Gasteiger partial charge in [0, 0.05) is 37.9 Å². The van der Waals surface area contributed by atoms with Crippen molar-refractivity contribution in [3.05, 3.63) is 30.1 Å². The van der Waals surface area contributed by atoms with E-state index in [2.05, 4.69) is 16.0 Å². The SMILES string of the molecule is O=C(C[C@@H]1OC[C@H]2CN(Cc3cccnc3)CC[C@H]21)N1CCCCO1. The predicted molar refractivity (Wildman–Crippen MR) is 92.4 cm³/mol. The molecule has 0 N–H and O–H groups in total. The maximum absolute atomic E-state index is 12.4. The van der Waals surface area contributed by atoms with Gasteiger partial charge in [0.2, 0.25) is 5.91 Å². The molecule has 0 aromatic carbocycles. The lowest BCUT2D eigenvalue weighted by atomic mass is 9.83. The number of pyridine rings is 1. The Kier molecular flexibility index (Phi) is 5.29. The Balaban J connectivity index is 1.29. The molecule has 0 saturated carbocycles. The minimum Gasteiger partial charge on any atom is -0.377 e. The summed E-state index contributed by atoms with van der Waals surface area (Å²) < 4.78 is 6.02. The normalized spacial score (nSPS) is 30.2. The molecule has 136 valence electrons. The number of nitrogens with zero attached hydrogens (tertiary/aromatic N) is 3. The number of fused-ring (bicyclic) bond motifs is 1. The fraction of sp³-hybridized carbons (Fsp3) is 0.684. The fourth-order valence-corrected chi connectivity index (χ4v) is 4.33. The summed E-state index contributed by atoms with van der Waals surface area (Å²) in [5.74, 6) is 1.12. The van der Waals surface area contributed by atoms with Gasteiger partial charge in [-0.3, -0.25) is 19.5 Å². The molecule has 0 bridgehead atoms. The van der Waals surface area contributed by atoms with Crippen LogP contribution in [0.1, 0.15) is 31.2 Å². The number of carbonyl (C=O) groups excluding carboxylic acids is 1. The second-order valence-electron chi connectivity index (χ2n) is 7.42. The van der Waals surface area contributed by atoms with Gasteiger partial charge in [-0.25, -0.2) is 5.06 Å². The second kappa shape index (κ2) is 7.81. The van der Waals surface area contributed by atoms with E-state index in [1.54, 1.807) is 5.06 Å². The molecule has 4 rings (SSSR count). The molecule has 3 atom stereocenters. The molecule has 1 aromatic rings. The van der Waals surface area contributed by atoms with Crippen molar-refractivity contribution in [2.24, 2.45) is 11.8 Å². The van der Waals surface area contributed by atoms with E-state index in [9.17, 15) is 4.79 Å². The van der Waals surface area contributed by atoms with Crippen molar-refractivity contribution >= 4 is 5.91 Å². The summed E-state index contributed by atoms with van der Waals surface area (Å²) in [5.41, 5.74) is 1.26. The van der Waals surface area contributed by atoms with E-state index < -0.39 is 0 Å². The van der Waals surface area contributed by atoms with E-state index in [0.717, 1.165) is 52.0 Å². The average molecular weight is 345 g/mol. The number of hydroxylamine groups is 2. The minimum atomic E-state index is 0.0589. The Labute approximate surface area is 149 Å². The Morgan fingerprint density at radius 2 is 2.28 bits per heavy atom. The van der Waals surface area contributed by atoms with Crippen LogP contribution in [0.3, 0.4) is 0 Å². The first-order chi connectivity index (χ1) is 12.3. The molecule has 0 unspecified atom stereocenters. The molecule has 3 aliphatic rings. The Morgan fingerprint density at radius 1 is 1.32 bits per heavy atom. The van der Waals surface area contributed by atoms with Gasteiger partial charge in [-0.2, -0.15) is 0 Å². The van der Waals surface area contributed by atoms with Gasteiger partial charge in [0.1, 0.15) is 0 Å². The summed E-state index contributed by atoms with van der Waals surface area (Å²) in [7, 11) is 0. The third-order valence-corrected chi connectivity index (χ3v) is 5.66. The summed E-state index contributed by atoms with van der Waals surface area (Å²) in [5, 5.41) is 1.55. The quantitative estimate of drug-likeness (QED) is 0.834. The highest BCUT2D eigenvalue weighted by Crippen LogP contribution is 2.36. The number of aromatic nitrogens is 1. The van der Waals surface area contributed by atoms with Crippen molar-refractivity contribution in [1.29, 1.82) is 0 Å². The van der Waals surface area contributed by atoms with Gasteiger partial charge in [-0.05, 0) is 43.4 Å². The Hall–Kier alpha value is -1.50. The van der Waals surface area contributed by atoms with E-state index >= 15 is 0 Å². The van der Waals surface area contributed by atoms with Crippen LogP contribution in [0.5, 0.6) is 0 Å². The summed E-state index contributed by atoms with van der Waals surface area (Å²) in [4.78, 5) is 24.6. The molecule has 4 heterocycles. The Bertz CT molecular complexity index is 577. The van der Waals surface area contributed by atoms with Crippen molar-refractivity contribution in [2.45, 2.75) is 38.3 Å². The molecule has 6 heteroatoms. The van der Waals surface area contributed by atoms with Gasteiger partial charge in [0.05, 0.1) is 25.7 Å². The van der Waals surface area contributed by atoms with Crippen LogP contribution >= 0.6 is 0 Å². The Morgan fingerprint density at radius 3 is 3.08 bits per heavy atom. The van der Waals surface area contributed by atoms with Crippen LogP contribution in [0.25, 0.3) is 0 Å². The molecule has 0 radical (unpaired) electrons. The third-order valence-electron chi connectivity index (χ3n) is 5.66. The number of ether oxygens (including phenoxy) is 1. The van der Waals surface area contributed by atoms with Crippen LogP contribution in [-0.4, -0.2) is 59.8 Å². The highest BCUT2D eigenvalue weighted by atomic mass is 16.7. The van der Waals surface area contributed by atoms with E-state index in [1.165, 1.54) is 5.56 Å². The molecule has 0 spiro atoms. The van der Waals surface area contributed by atoms with E-state index in [1.807, 2.05) is 18.5 Å². The average Bonchev–Trinajstić information content (AvgIpc) is 3.05. The van der Waals surface area contributed by atoms with Crippen LogP contribution in [0.15, 0.2) is 24.5 Å². The molecule has 3 fully saturated rings. The van der Waals surface area contributed by atoms with E-state index in [0.29, 0.717) is 24.9 Å². The van der Waals surface area contributed by atoms with Gasteiger partial charge < -0.3 is 4.74 Å². The van der Waals surface area contributed by atoms with Crippen molar-refractivity contribution in [3.63, 3.8) is 0 Å². The molecular weight excluding hydrogens is 318 g/mol. The lowest BCUT2D eigenvalue weighted by Crippen LogP contribution is -2.43. The van der Waals surface area contributed by atoms with Crippen molar-refractivity contribution < 1.29 is 14.4 Å². The zero-order valence-electron chi connectivity index (χ0n) is 14.7. The largest absolute Gasteiger partial charge is 0.377 e. The second-order valence-corrected chi connectivity index (χ2v) is 7.42. The number of rotatable bonds is 4. The molecule has 1 amide bonds. The van der Waals surface area contributed by atoms with Gasteiger partial charge >= 0.3 is 0 Å². The first kappa shape index (κ1) is 16.9. The van der Waals surface area contributed by atoms with Crippen molar-refractivity contribution in [3.8, 4) is 0 Å². The van der Waals surface area contributed by atoms with E-state index in [-0.39, 0.29) is 12.0 Å². The molecule has 6 nitrogen and oxygen atoms in total. The summed E-state index contributed by atoms with van der Waals surface area (Å²) in [6.45, 7) is 5.20. The molecule has 1 aromatic heterocycles. The number of hydrogen-bond acceptors (Lipinski definition) is 5. The number of likely N-dealkylation sites (tertiary alicyclic amines) is 1. The standard InChI is InChI=1S/C19H27N3O3/c23-19(22-7-1-2-9-25-22)10-18-17-5-8-21(13-16(17)14-24-18)12-15-4-3-6-20-11-15/h3-4,6,11,16-18H,1-2,5,7-10,12-14H2/t16-,17-,18+/m1/s1. The maximum Gasteiger partial charge on any atom is 0.248 e. The first-order valence-electron chi connectivity index (χ1n) is 9.46. The zero-order chi connectivity index (χ0) is 17.1. The first-order valence-corrected chi connectivity index (χ1v) is 9.46. The van der Waals surface area contributed by atoms with Crippen LogP contribution in [-0.2, 0) is 20.9 Å². The highest BCUT2D eigenvalue weighted by Gasteiger charge is 2.42. The maximum atomic E-state index is 12.4. The van der Waals surface area contributed by atoms with Gasteiger partial charge in [-0.15, -0.1) is 0 Å². The lowest BCUT2D eigenvalue weighted by Gasteiger charge is -2.36. The van der Waals surface area contributed by atoms with Crippen LogP contribution in [0.2, 0.25) is 0 Å². The van der Waals surface area contributed by atoms with Crippen molar-refractivity contribution in [2.75, 3.05) is 32.8 Å². The monoisotopic (exact) mass is 345 g/mol. The number of piperidine rings is 1. The smallest absolute Gasteiger partial charge is 0.248 e. The summed E-state index contributed by atoms with van der Waals surface area (Å²) in [6, 6.07) is 4.12.